The summed E-state index contributed by atoms with van der Waals surface area (Å²) in [5, 5.41) is 11.5. The fraction of sp³-hybridized carbons (Fsp3) is 0.125. The quantitative estimate of drug-likeness (QED) is 0.469. The van der Waals surface area contributed by atoms with Gasteiger partial charge < -0.3 is 4.74 Å². The number of nitro groups is 1. The van der Waals surface area contributed by atoms with E-state index >= 15 is 0 Å². The third-order valence-corrected chi connectivity index (χ3v) is 3.17. The van der Waals surface area contributed by atoms with Crippen LogP contribution in [-0.4, -0.2) is 22.5 Å². The summed E-state index contributed by atoms with van der Waals surface area (Å²) in [7, 11) is 0. The Bertz CT molecular complexity index is 757. The highest BCUT2D eigenvalue weighted by molar-refractivity contribution is 6.30. The molecule has 0 unspecified atom stereocenters. The first-order valence-electron chi connectivity index (χ1n) is 6.76. The predicted molar refractivity (Wildman–Crippen MR) is 87.2 cm³/mol. The topological polar surface area (TPSA) is 82.3 Å². The van der Waals surface area contributed by atoms with Gasteiger partial charge in [-0.2, -0.15) is 0 Å². The van der Waals surface area contributed by atoms with Crippen molar-refractivity contribution in [1.29, 1.82) is 0 Å². The molecule has 0 spiro atoms. The number of benzene rings is 1. The summed E-state index contributed by atoms with van der Waals surface area (Å²) >= 11 is 5.82. The molecule has 0 fully saturated rings. The van der Waals surface area contributed by atoms with Gasteiger partial charge in [0.05, 0.1) is 22.8 Å². The van der Waals surface area contributed by atoms with Crippen molar-refractivity contribution < 1.29 is 14.5 Å². The summed E-state index contributed by atoms with van der Waals surface area (Å²) < 4.78 is 4.92. The van der Waals surface area contributed by atoms with E-state index in [4.69, 9.17) is 16.3 Å². The molecule has 2 aromatic rings. The van der Waals surface area contributed by atoms with Gasteiger partial charge in [0.2, 0.25) is 0 Å². The molecule has 2 rings (SSSR count). The van der Waals surface area contributed by atoms with Gasteiger partial charge >= 0.3 is 5.97 Å². The zero-order valence-corrected chi connectivity index (χ0v) is 13.0. The van der Waals surface area contributed by atoms with Crippen LogP contribution in [-0.2, 0) is 4.74 Å². The van der Waals surface area contributed by atoms with Crippen molar-refractivity contribution >= 4 is 35.4 Å². The first-order valence-corrected chi connectivity index (χ1v) is 7.14. The summed E-state index contributed by atoms with van der Waals surface area (Å²) in [6, 6.07) is 8.22. The van der Waals surface area contributed by atoms with Gasteiger partial charge in [-0.25, -0.2) is 9.78 Å². The van der Waals surface area contributed by atoms with Gasteiger partial charge in [-0.3, -0.25) is 10.1 Å². The average molecular weight is 333 g/mol. The lowest BCUT2D eigenvalue weighted by Gasteiger charge is -2.05. The van der Waals surface area contributed by atoms with Crippen LogP contribution in [0.25, 0.3) is 12.2 Å². The molecule has 7 heteroatoms. The third kappa shape index (κ3) is 4.37. The van der Waals surface area contributed by atoms with E-state index < -0.39 is 10.9 Å². The van der Waals surface area contributed by atoms with E-state index in [1.165, 1.54) is 0 Å². The van der Waals surface area contributed by atoms with Crippen molar-refractivity contribution in [3.63, 3.8) is 0 Å². The van der Waals surface area contributed by atoms with E-state index in [0.29, 0.717) is 10.7 Å². The Hall–Kier alpha value is -2.73. The van der Waals surface area contributed by atoms with Crippen LogP contribution in [0.2, 0.25) is 5.02 Å². The molecule has 1 heterocycles. The fourth-order valence-electron chi connectivity index (χ4n) is 1.82. The lowest BCUT2D eigenvalue weighted by Crippen LogP contribution is -2.08. The van der Waals surface area contributed by atoms with Crippen molar-refractivity contribution in [2.24, 2.45) is 0 Å². The Labute approximate surface area is 137 Å². The van der Waals surface area contributed by atoms with E-state index in [-0.39, 0.29) is 17.9 Å². The smallest absolute Gasteiger partial charge is 0.340 e. The molecular weight excluding hydrogens is 320 g/mol. The number of halogens is 1. The fourth-order valence-corrected chi connectivity index (χ4v) is 1.94. The van der Waals surface area contributed by atoms with Crippen LogP contribution in [0, 0.1) is 10.1 Å². The van der Waals surface area contributed by atoms with E-state index in [1.54, 1.807) is 43.3 Å². The van der Waals surface area contributed by atoms with Crippen molar-refractivity contribution in [1.82, 2.24) is 4.98 Å². The first-order chi connectivity index (χ1) is 11.0. The number of hydrogen-bond donors (Lipinski definition) is 0. The molecule has 0 radical (unpaired) electrons. The number of carbonyl (C=O) groups excluding carboxylic acids is 1. The molecule has 118 valence electrons. The van der Waals surface area contributed by atoms with Gasteiger partial charge in [0, 0.05) is 11.1 Å². The second kappa shape index (κ2) is 7.51. The van der Waals surface area contributed by atoms with E-state index in [0.717, 1.165) is 17.8 Å². The Balaban J connectivity index is 2.38. The monoisotopic (exact) mass is 332 g/mol. The molecule has 1 aromatic carbocycles. The van der Waals surface area contributed by atoms with Gasteiger partial charge in [-0.15, -0.1) is 0 Å². The molecule has 0 saturated heterocycles. The molecule has 6 nitrogen and oxygen atoms in total. The first kappa shape index (κ1) is 16.6. The molecular formula is C16H13ClN2O4. The SMILES string of the molecule is CCOC(=O)c1cc([N+](=O)[O-])cnc1/C=C/c1ccc(Cl)cc1. The van der Waals surface area contributed by atoms with Crippen molar-refractivity contribution in [2.45, 2.75) is 6.92 Å². The van der Waals surface area contributed by atoms with E-state index in [2.05, 4.69) is 4.98 Å². The second-order valence-corrected chi connectivity index (χ2v) is 4.93. The summed E-state index contributed by atoms with van der Waals surface area (Å²) in [4.78, 5) is 26.2. The highest BCUT2D eigenvalue weighted by Gasteiger charge is 2.17. The minimum Gasteiger partial charge on any atom is -0.462 e. The third-order valence-electron chi connectivity index (χ3n) is 2.91. The minimum atomic E-state index is -0.653. The molecule has 0 N–H and O–H groups in total. The number of carbonyl (C=O) groups is 1. The number of ether oxygens (including phenoxy) is 1. The normalized spacial score (nSPS) is 10.7. The van der Waals surface area contributed by atoms with Crippen LogP contribution < -0.4 is 0 Å². The molecule has 0 atom stereocenters. The van der Waals surface area contributed by atoms with Gasteiger partial charge in [0.15, 0.2) is 0 Å². The van der Waals surface area contributed by atoms with Crippen LogP contribution in [0.4, 0.5) is 5.69 Å². The van der Waals surface area contributed by atoms with Gasteiger partial charge in [0.1, 0.15) is 6.20 Å². The molecule has 0 amide bonds. The van der Waals surface area contributed by atoms with E-state index in [9.17, 15) is 14.9 Å². The molecule has 23 heavy (non-hydrogen) atoms. The van der Waals surface area contributed by atoms with Crippen LogP contribution >= 0.6 is 11.6 Å². The van der Waals surface area contributed by atoms with Gasteiger partial charge in [0.25, 0.3) is 5.69 Å². The maximum absolute atomic E-state index is 12.0. The summed E-state index contributed by atoms with van der Waals surface area (Å²) in [6.07, 6.45) is 4.43. The van der Waals surface area contributed by atoms with Crippen molar-refractivity contribution in [3.05, 3.63) is 68.5 Å². The maximum Gasteiger partial charge on any atom is 0.340 e. The zero-order valence-electron chi connectivity index (χ0n) is 12.2. The number of nitrogens with zero attached hydrogens (tertiary/aromatic N) is 2. The van der Waals surface area contributed by atoms with Crippen LogP contribution in [0.5, 0.6) is 0 Å². The van der Waals surface area contributed by atoms with Crippen molar-refractivity contribution in [2.75, 3.05) is 6.61 Å². The average Bonchev–Trinajstić information content (AvgIpc) is 2.54. The number of aromatic nitrogens is 1. The highest BCUT2D eigenvalue weighted by atomic mass is 35.5. The molecule has 1 aromatic heterocycles. The van der Waals surface area contributed by atoms with Gasteiger partial charge in [-0.1, -0.05) is 29.8 Å². The summed E-state index contributed by atoms with van der Waals surface area (Å²) in [6.45, 7) is 1.83. The predicted octanol–water partition coefficient (Wildman–Crippen LogP) is 3.99. The number of pyridine rings is 1. The maximum atomic E-state index is 12.0. The minimum absolute atomic E-state index is 0.0475. The molecule has 0 aliphatic rings. The van der Waals surface area contributed by atoms with Crippen LogP contribution in [0.3, 0.4) is 0 Å². The molecule has 0 saturated carbocycles. The van der Waals surface area contributed by atoms with Gasteiger partial charge in [-0.05, 0) is 30.7 Å². The summed E-state index contributed by atoms with van der Waals surface area (Å²) in [5.74, 6) is -0.653. The Morgan fingerprint density at radius 1 is 1.35 bits per heavy atom. The Morgan fingerprint density at radius 3 is 2.65 bits per heavy atom. The molecule has 0 bridgehead atoms. The van der Waals surface area contributed by atoms with Crippen LogP contribution in [0.15, 0.2) is 36.5 Å². The zero-order chi connectivity index (χ0) is 16.8. The van der Waals surface area contributed by atoms with E-state index in [1.807, 2.05) is 0 Å². The number of esters is 1. The summed E-state index contributed by atoms with van der Waals surface area (Å²) in [5.41, 5.74) is 0.927. The largest absolute Gasteiger partial charge is 0.462 e. The Morgan fingerprint density at radius 2 is 2.04 bits per heavy atom. The second-order valence-electron chi connectivity index (χ2n) is 4.49. The molecule has 0 aliphatic heterocycles. The number of hydrogen-bond acceptors (Lipinski definition) is 5. The molecule has 0 aliphatic carbocycles. The van der Waals surface area contributed by atoms with Crippen LogP contribution in [0.1, 0.15) is 28.5 Å². The Kier molecular flexibility index (Phi) is 5.43. The standard InChI is InChI=1S/C16H13ClN2O4/c1-2-23-16(20)14-9-13(19(21)22)10-18-15(14)8-5-11-3-6-12(17)7-4-11/h3-10H,2H2,1H3/b8-5+. The highest BCUT2D eigenvalue weighted by Crippen LogP contribution is 2.19. The lowest BCUT2D eigenvalue weighted by atomic mass is 10.1. The number of rotatable bonds is 5. The van der Waals surface area contributed by atoms with Crippen molar-refractivity contribution in [3.8, 4) is 0 Å². The lowest BCUT2D eigenvalue weighted by molar-refractivity contribution is -0.385.